The molecule has 1 aromatic heterocycles. The molecule has 0 bridgehead atoms. The molecule has 0 fully saturated rings. The first kappa shape index (κ1) is 13.8. The number of fused-ring (bicyclic) bond motifs is 1. The minimum atomic E-state index is -0.130. The number of carbonyl (C=O) groups excluding carboxylic acids is 1. The summed E-state index contributed by atoms with van der Waals surface area (Å²) in [4.78, 5) is 14.4. The second-order valence-corrected chi connectivity index (χ2v) is 5.55. The lowest BCUT2D eigenvalue weighted by atomic mass is 10.2. The van der Waals surface area contributed by atoms with Crippen LogP contribution >= 0.6 is 11.3 Å². The Balaban J connectivity index is 1.89. The Kier molecular flexibility index (Phi) is 4.01. The number of hydrogen-bond donors (Lipinski definition) is 1. The molecule has 1 aliphatic rings. The second kappa shape index (κ2) is 6.09. The van der Waals surface area contributed by atoms with Gasteiger partial charge in [-0.3, -0.25) is 4.79 Å². The first-order chi connectivity index (χ1) is 10.3. The van der Waals surface area contributed by atoms with E-state index in [2.05, 4.69) is 15.5 Å². The number of amides is 1. The molecule has 0 saturated carbocycles. The van der Waals surface area contributed by atoms with Crippen molar-refractivity contribution in [2.24, 2.45) is 0 Å². The van der Waals surface area contributed by atoms with Crippen LogP contribution in [0.15, 0.2) is 24.3 Å². The number of anilines is 2. The highest BCUT2D eigenvalue weighted by molar-refractivity contribution is 7.17. The molecular weight excluding hydrogens is 288 g/mol. The van der Waals surface area contributed by atoms with Crippen LogP contribution in [-0.4, -0.2) is 35.8 Å². The monoisotopic (exact) mass is 304 g/mol. The third-order valence-electron chi connectivity index (χ3n) is 3.12. The Morgan fingerprint density at radius 1 is 1.43 bits per heavy atom. The quantitative estimate of drug-likeness (QED) is 0.943. The van der Waals surface area contributed by atoms with Crippen molar-refractivity contribution in [3.05, 3.63) is 29.3 Å². The van der Waals surface area contributed by atoms with Gasteiger partial charge in [-0.2, -0.15) is 0 Å². The maximum Gasteiger partial charge on any atom is 0.289 e. The lowest BCUT2D eigenvalue weighted by molar-refractivity contribution is 0.0986. The third kappa shape index (κ3) is 2.82. The SMILES string of the molecule is CCNc1nnc(C(=O)N2CCCOc3ccccc32)s1. The van der Waals surface area contributed by atoms with Crippen molar-refractivity contribution in [3.63, 3.8) is 0 Å². The van der Waals surface area contributed by atoms with E-state index < -0.39 is 0 Å². The number of nitrogens with one attached hydrogen (secondary N) is 1. The summed E-state index contributed by atoms with van der Waals surface area (Å²) in [5.74, 6) is 0.606. The lowest BCUT2D eigenvalue weighted by Gasteiger charge is -2.20. The fourth-order valence-electron chi connectivity index (χ4n) is 2.19. The van der Waals surface area contributed by atoms with Gasteiger partial charge >= 0.3 is 0 Å². The van der Waals surface area contributed by atoms with Crippen molar-refractivity contribution in [1.29, 1.82) is 0 Å². The van der Waals surface area contributed by atoms with E-state index in [9.17, 15) is 4.79 Å². The largest absolute Gasteiger partial charge is 0.491 e. The van der Waals surface area contributed by atoms with E-state index in [0.717, 1.165) is 24.4 Å². The molecule has 2 heterocycles. The van der Waals surface area contributed by atoms with E-state index in [4.69, 9.17) is 4.74 Å². The van der Waals surface area contributed by atoms with Crippen molar-refractivity contribution in [3.8, 4) is 5.75 Å². The van der Waals surface area contributed by atoms with E-state index in [1.54, 1.807) is 4.90 Å². The molecule has 1 amide bonds. The number of benzene rings is 1. The molecule has 0 atom stereocenters. The summed E-state index contributed by atoms with van der Waals surface area (Å²) in [6.07, 6.45) is 0.791. The van der Waals surface area contributed by atoms with Crippen molar-refractivity contribution in [2.45, 2.75) is 13.3 Å². The molecule has 6 nitrogen and oxygen atoms in total. The number of aromatic nitrogens is 2. The fraction of sp³-hybridized carbons (Fsp3) is 0.357. The van der Waals surface area contributed by atoms with Gasteiger partial charge in [-0.25, -0.2) is 0 Å². The van der Waals surface area contributed by atoms with Gasteiger partial charge in [0, 0.05) is 13.1 Å². The normalized spacial score (nSPS) is 14.0. The van der Waals surface area contributed by atoms with Gasteiger partial charge in [0.2, 0.25) is 10.1 Å². The van der Waals surface area contributed by atoms with E-state index >= 15 is 0 Å². The van der Waals surface area contributed by atoms with Gasteiger partial charge in [0.15, 0.2) is 0 Å². The van der Waals surface area contributed by atoms with Gasteiger partial charge in [-0.05, 0) is 25.5 Å². The summed E-state index contributed by atoms with van der Waals surface area (Å²) in [6.45, 7) is 3.96. The van der Waals surface area contributed by atoms with Crippen LogP contribution in [0.3, 0.4) is 0 Å². The van der Waals surface area contributed by atoms with Crippen LogP contribution < -0.4 is 15.0 Å². The van der Waals surface area contributed by atoms with E-state index in [-0.39, 0.29) is 5.91 Å². The van der Waals surface area contributed by atoms with Crippen molar-refractivity contribution in [2.75, 3.05) is 29.9 Å². The van der Waals surface area contributed by atoms with E-state index in [1.807, 2.05) is 31.2 Å². The third-order valence-corrected chi connectivity index (χ3v) is 3.99. The average molecular weight is 304 g/mol. The van der Waals surface area contributed by atoms with Crippen LogP contribution in [0.2, 0.25) is 0 Å². The van der Waals surface area contributed by atoms with Crippen molar-refractivity contribution >= 4 is 28.1 Å². The Morgan fingerprint density at radius 2 is 2.29 bits per heavy atom. The molecule has 3 rings (SSSR count). The number of rotatable bonds is 3. The minimum absolute atomic E-state index is 0.130. The Labute approximate surface area is 126 Å². The summed E-state index contributed by atoms with van der Waals surface area (Å²) >= 11 is 1.28. The number of para-hydroxylation sites is 2. The highest BCUT2D eigenvalue weighted by Crippen LogP contribution is 2.32. The van der Waals surface area contributed by atoms with Gasteiger partial charge < -0.3 is 15.0 Å². The maximum absolute atomic E-state index is 12.7. The van der Waals surface area contributed by atoms with Gasteiger partial charge in [0.05, 0.1) is 12.3 Å². The zero-order valence-electron chi connectivity index (χ0n) is 11.7. The van der Waals surface area contributed by atoms with Crippen LogP contribution in [0.4, 0.5) is 10.8 Å². The average Bonchev–Trinajstić information content (AvgIpc) is 2.86. The summed E-state index contributed by atoms with van der Waals surface area (Å²) in [5.41, 5.74) is 0.792. The zero-order chi connectivity index (χ0) is 14.7. The number of ether oxygens (including phenoxy) is 1. The number of nitrogens with zero attached hydrogens (tertiary/aromatic N) is 3. The first-order valence-corrected chi connectivity index (χ1v) is 7.72. The minimum Gasteiger partial charge on any atom is -0.491 e. The summed E-state index contributed by atoms with van der Waals surface area (Å²) in [6, 6.07) is 7.58. The predicted molar refractivity (Wildman–Crippen MR) is 82.3 cm³/mol. The first-order valence-electron chi connectivity index (χ1n) is 6.90. The Morgan fingerprint density at radius 3 is 3.14 bits per heavy atom. The molecule has 1 aliphatic heterocycles. The molecule has 0 spiro atoms. The molecule has 0 unspecified atom stereocenters. The predicted octanol–water partition coefficient (Wildman–Crippen LogP) is 2.40. The molecule has 21 heavy (non-hydrogen) atoms. The summed E-state index contributed by atoms with van der Waals surface area (Å²) in [7, 11) is 0. The maximum atomic E-state index is 12.7. The lowest BCUT2D eigenvalue weighted by Crippen LogP contribution is -2.31. The Hall–Kier alpha value is -2.15. The van der Waals surface area contributed by atoms with E-state index in [1.165, 1.54) is 11.3 Å². The Bertz CT molecular complexity index is 643. The molecule has 7 heteroatoms. The van der Waals surface area contributed by atoms with Gasteiger partial charge in [-0.15, -0.1) is 10.2 Å². The van der Waals surface area contributed by atoms with Crippen LogP contribution in [0.1, 0.15) is 23.1 Å². The van der Waals surface area contributed by atoms with Crippen molar-refractivity contribution in [1.82, 2.24) is 10.2 Å². The summed E-state index contributed by atoms with van der Waals surface area (Å²) in [5, 5.41) is 12.1. The number of carbonyl (C=O) groups is 1. The molecule has 0 saturated heterocycles. The van der Waals surface area contributed by atoms with Crippen LogP contribution in [0, 0.1) is 0 Å². The summed E-state index contributed by atoms with van der Waals surface area (Å²) < 4.78 is 5.67. The molecule has 1 N–H and O–H groups in total. The molecule has 0 radical (unpaired) electrons. The standard InChI is InChI=1S/C14H16N4O2S/c1-2-15-14-17-16-12(21-14)13(19)18-8-5-9-20-11-7-4-3-6-10(11)18/h3-4,6-7H,2,5,8-9H2,1H3,(H,15,17). The van der Waals surface area contributed by atoms with Gasteiger partial charge in [0.1, 0.15) is 5.75 Å². The molecule has 110 valence electrons. The molecule has 1 aromatic carbocycles. The zero-order valence-corrected chi connectivity index (χ0v) is 12.5. The topological polar surface area (TPSA) is 67.4 Å². The highest BCUT2D eigenvalue weighted by Gasteiger charge is 2.25. The fourth-order valence-corrected chi connectivity index (χ4v) is 2.95. The molecule has 0 aliphatic carbocycles. The van der Waals surface area contributed by atoms with Gasteiger partial charge in [-0.1, -0.05) is 23.5 Å². The van der Waals surface area contributed by atoms with Crippen LogP contribution in [0.5, 0.6) is 5.75 Å². The van der Waals surface area contributed by atoms with Crippen LogP contribution in [0.25, 0.3) is 0 Å². The second-order valence-electron chi connectivity index (χ2n) is 4.57. The van der Waals surface area contributed by atoms with E-state index in [0.29, 0.717) is 23.3 Å². The number of hydrogen-bond acceptors (Lipinski definition) is 6. The van der Waals surface area contributed by atoms with Gasteiger partial charge in [0.25, 0.3) is 5.91 Å². The molecule has 2 aromatic rings. The highest BCUT2D eigenvalue weighted by atomic mass is 32.1. The van der Waals surface area contributed by atoms with Crippen LogP contribution in [-0.2, 0) is 0 Å². The molecular formula is C14H16N4O2S. The smallest absolute Gasteiger partial charge is 0.289 e. The van der Waals surface area contributed by atoms with Crippen molar-refractivity contribution < 1.29 is 9.53 Å².